The summed E-state index contributed by atoms with van der Waals surface area (Å²) in [5, 5.41) is 3.13. The summed E-state index contributed by atoms with van der Waals surface area (Å²) >= 11 is 0. The molecule has 0 aliphatic rings. The lowest BCUT2D eigenvalue weighted by molar-refractivity contribution is 0.389. The minimum absolute atomic E-state index is 0.875. The van der Waals surface area contributed by atoms with E-state index in [1.54, 1.807) is 14.2 Å². The highest BCUT2D eigenvalue weighted by molar-refractivity contribution is 5.46. The second-order valence-corrected chi connectivity index (χ2v) is 3.49. The normalized spacial score (nSPS) is 10.1. The van der Waals surface area contributed by atoms with Gasteiger partial charge < -0.3 is 14.8 Å². The number of hydrogen-bond acceptors (Lipinski definition) is 3. The first-order valence-electron chi connectivity index (χ1n) is 5.09. The van der Waals surface area contributed by atoms with Gasteiger partial charge in [0.05, 0.1) is 14.2 Å². The fourth-order valence-corrected chi connectivity index (χ4v) is 1.59. The third-order valence-corrected chi connectivity index (χ3v) is 2.44. The summed E-state index contributed by atoms with van der Waals surface area (Å²) < 4.78 is 10.6. The van der Waals surface area contributed by atoms with Gasteiger partial charge in [-0.1, -0.05) is 0 Å². The van der Waals surface area contributed by atoms with E-state index < -0.39 is 0 Å². The number of ether oxygens (including phenoxy) is 2. The molecule has 0 aliphatic carbocycles. The van der Waals surface area contributed by atoms with E-state index in [2.05, 4.69) is 11.4 Å². The van der Waals surface area contributed by atoms with Crippen LogP contribution >= 0.6 is 0 Å². The average Bonchev–Trinajstić information content (AvgIpc) is 2.26. The molecule has 15 heavy (non-hydrogen) atoms. The van der Waals surface area contributed by atoms with E-state index in [9.17, 15) is 0 Å². The second-order valence-electron chi connectivity index (χ2n) is 3.49. The van der Waals surface area contributed by atoms with Gasteiger partial charge in [0, 0.05) is 6.07 Å². The molecule has 1 rings (SSSR count). The molecule has 0 atom stereocenters. The highest BCUT2D eigenvalue weighted by atomic mass is 16.5. The van der Waals surface area contributed by atoms with E-state index in [0.717, 1.165) is 30.0 Å². The Labute approximate surface area is 91.4 Å². The molecular weight excluding hydrogens is 190 g/mol. The first-order chi connectivity index (χ1) is 7.22. The Balaban J connectivity index is 2.98. The maximum Gasteiger partial charge on any atom is 0.125 e. The molecule has 0 saturated heterocycles. The van der Waals surface area contributed by atoms with Crippen molar-refractivity contribution in [3.8, 4) is 11.5 Å². The van der Waals surface area contributed by atoms with Crippen LogP contribution in [-0.2, 0) is 6.42 Å². The van der Waals surface area contributed by atoms with Gasteiger partial charge in [0.2, 0.25) is 0 Å². The molecule has 1 aromatic carbocycles. The summed E-state index contributed by atoms with van der Waals surface area (Å²) in [6.45, 7) is 2.99. The van der Waals surface area contributed by atoms with Crippen molar-refractivity contribution in [3.63, 3.8) is 0 Å². The summed E-state index contributed by atoms with van der Waals surface area (Å²) in [5.74, 6) is 1.77. The SMILES string of the molecule is CNCCc1cc(C)c(OC)cc1OC. The van der Waals surface area contributed by atoms with Crippen LogP contribution in [0.15, 0.2) is 12.1 Å². The lowest BCUT2D eigenvalue weighted by Crippen LogP contribution is -2.11. The topological polar surface area (TPSA) is 30.5 Å². The first-order valence-corrected chi connectivity index (χ1v) is 5.09. The van der Waals surface area contributed by atoms with Crippen LogP contribution in [0.4, 0.5) is 0 Å². The minimum Gasteiger partial charge on any atom is -0.496 e. The fraction of sp³-hybridized carbons (Fsp3) is 0.500. The van der Waals surface area contributed by atoms with Crippen molar-refractivity contribution in [1.29, 1.82) is 0 Å². The third-order valence-electron chi connectivity index (χ3n) is 2.44. The molecule has 1 aromatic rings. The highest BCUT2D eigenvalue weighted by Crippen LogP contribution is 2.28. The lowest BCUT2D eigenvalue weighted by Gasteiger charge is -2.12. The van der Waals surface area contributed by atoms with Gasteiger partial charge in [-0.15, -0.1) is 0 Å². The molecule has 3 heteroatoms. The third kappa shape index (κ3) is 2.86. The predicted molar refractivity (Wildman–Crippen MR) is 61.9 cm³/mol. The van der Waals surface area contributed by atoms with Crippen LogP contribution in [0.3, 0.4) is 0 Å². The van der Waals surface area contributed by atoms with E-state index in [1.807, 2.05) is 20.0 Å². The molecule has 0 heterocycles. The Hall–Kier alpha value is -1.22. The van der Waals surface area contributed by atoms with Gasteiger partial charge in [-0.25, -0.2) is 0 Å². The number of hydrogen-bond donors (Lipinski definition) is 1. The molecule has 1 N–H and O–H groups in total. The van der Waals surface area contributed by atoms with E-state index in [-0.39, 0.29) is 0 Å². The number of methoxy groups -OCH3 is 2. The minimum atomic E-state index is 0.875. The molecule has 0 radical (unpaired) electrons. The average molecular weight is 209 g/mol. The summed E-state index contributed by atoms with van der Waals surface area (Å²) in [6.07, 6.45) is 0.963. The highest BCUT2D eigenvalue weighted by Gasteiger charge is 2.07. The Morgan fingerprint density at radius 1 is 1.13 bits per heavy atom. The predicted octanol–water partition coefficient (Wildman–Crippen LogP) is 1.77. The zero-order valence-electron chi connectivity index (χ0n) is 9.89. The van der Waals surface area contributed by atoms with E-state index in [0.29, 0.717) is 0 Å². The Morgan fingerprint density at radius 3 is 2.33 bits per heavy atom. The quantitative estimate of drug-likeness (QED) is 0.801. The first kappa shape index (κ1) is 11.9. The largest absolute Gasteiger partial charge is 0.496 e. The van der Waals surface area contributed by atoms with Crippen LogP contribution < -0.4 is 14.8 Å². The second kappa shape index (κ2) is 5.61. The molecule has 0 saturated carbocycles. The van der Waals surface area contributed by atoms with Crippen LogP contribution in [-0.4, -0.2) is 27.8 Å². The van der Waals surface area contributed by atoms with Gasteiger partial charge in [-0.2, -0.15) is 0 Å². The van der Waals surface area contributed by atoms with E-state index in [4.69, 9.17) is 9.47 Å². The molecule has 0 amide bonds. The van der Waals surface area contributed by atoms with Gasteiger partial charge >= 0.3 is 0 Å². The lowest BCUT2D eigenvalue weighted by atomic mass is 10.1. The summed E-state index contributed by atoms with van der Waals surface area (Å²) in [5.41, 5.74) is 2.36. The monoisotopic (exact) mass is 209 g/mol. The van der Waals surface area contributed by atoms with Crippen LogP contribution in [0.1, 0.15) is 11.1 Å². The smallest absolute Gasteiger partial charge is 0.125 e. The van der Waals surface area contributed by atoms with Crippen molar-refractivity contribution < 1.29 is 9.47 Å². The van der Waals surface area contributed by atoms with Gasteiger partial charge in [0.15, 0.2) is 0 Å². The number of nitrogens with one attached hydrogen (secondary N) is 1. The zero-order valence-corrected chi connectivity index (χ0v) is 9.89. The maximum absolute atomic E-state index is 5.33. The van der Waals surface area contributed by atoms with Crippen LogP contribution in [0, 0.1) is 6.92 Å². The number of benzene rings is 1. The molecule has 3 nitrogen and oxygen atoms in total. The van der Waals surface area contributed by atoms with Crippen molar-refractivity contribution in [2.75, 3.05) is 27.8 Å². The van der Waals surface area contributed by atoms with Crippen molar-refractivity contribution in [1.82, 2.24) is 5.32 Å². The van der Waals surface area contributed by atoms with Crippen LogP contribution in [0.5, 0.6) is 11.5 Å². The fourth-order valence-electron chi connectivity index (χ4n) is 1.59. The summed E-state index contributed by atoms with van der Waals surface area (Å²) in [4.78, 5) is 0. The Morgan fingerprint density at radius 2 is 1.80 bits per heavy atom. The van der Waals surface area contributed by atoms with Crippen molar-refractivity contribution in [3.05, 3.63) is 23.3 Å². The molecule has 0 bridgehead atoms. The van der Waals surface area contributed by atoms with E-state index in [1.165, 1.54) is 5.56 Å². The molecule has 0 aliphatic heterocycles. The standard InChI is InChI=1S/C12H19NO2/c1-9-7-10(5-6-13-2)12(15-4)8-11(9)14-3/h7-8,13H,5-6H2,1-4H3. The molecule has 0 aromatic heterocycles. The number of aryl methyl sites for hydroxylation is 1. The molecular formula is C12H19NO2. The summed E-state index contributed by atoms with van der Waals surface area (Å²) in [6, 6.07) is 4.06. The molecule has 0 fully saturated rings. The van der Waals surface area contributed by atoms with Crippen LogP contribution in [0.25, 0.3) is 0 Å². The number of likely N-dealkylation sites (N-methyl/N-ethyl adjacent to an activating group) is 1. The molecule has 0 spiro atoms. The molecule has 0 unspecified atom stereocenters. The van der Waals surface area contributed by atoms with Gasteiger partial charge in [-0.05, 0) is 44.1 Å². The van der Waals surface area contributed by atoms with Crippen molar-refractivity contribution in [2.24, 2.45) is 0 Å². The van der Waals surface area contributed by atoms with Gasteiger partial charge in [0.1, 0.15) is 11.5 Å². The zero-order chi connectivity index (χ0) is 11.3. The summed E-state index contributed by atoms with van der Waals surface area (Å²) in [7, 11) is 5.31. The van der Waals surface area contributed by atoms with E-state index >= 15 is 0 Å². The number of rotatable bonds is 5. The maximum atomic E-state index is 5.33. The van der Waals surface area contributed by atoms with Crippen LogP contribution in [0.2, 0.25) is 0 Å². The van der Waals surface area contributed by atoms with Gasteiger partial charge in [-0.3, -0.25) is 0 Å². The Kier molecular flexibility index (Phi) is 4.43. The Bertz CT molecular complexity index is 324. The molecule has 84 valence electrons. The van der Waals surface area contributed by atoms with Crippen molar-refractivity contribution in [2.45, 2.75) is 13.3 Å². The van der Waals surface area contributed by atoms with Crippen molar-refractivity contribution >= 4 is 0 Å². The van der Waals surface area contributed by atoms with Gasteiger partial charge in [0.25, 0.3) is 0 Å².